The topological polar surface area (TPSA) is 35.6 Å². The summed E-state index contributed by atoms with van der Waals surface area (Å²) in [5.74, 6) is 0.244. The van der Waals surface area contributed by atoms with Gasteiger partial charge in [-0.25, -0.2) is 9.97 Å². The fourth-order valence-corrected chi connectivity index (χ4v) is 8.91. The first-order valence-electron chi connectivity index (χ1n) is 17.7. The highest BCUT2D eigenvalue weighted by Gasteiger charge is 2.37. The summed E-state index contributed by atoms with van der Waals surface area (Å²) in [5.41, 5.74) is 6.12. The fraction of sp³-hybridized carbons (Fsp3) is 0.238. The third kappa shape index (κ3) is 5.57. The Morgan fingerprint density at radius 2 is 0.906 bits per heavy atom. The Morgan fingerprint density at radius 1 is 0.491 bits per heavy atom. The number of halogens is 7. The van der Waals surface area contributed by atoms with Crippen LogP contribution in [0.25, 0.3) is 56.2 Å². The molecule has 2 aromatic heterocycles. The van der Waals surface area contributed by atoms with Crippen LogP contribution in [0.4, 0.5) is 26.3 Å². The summed E-state index contributed by atoms with van der Waals surface area (Å²) >= 11 is 3.83. The molecule has 53 heavy (non-hydrogen) atoms. The van der Waals surface area contributed by atoms with Gasteiger partial charge in [0.25, 0.3) is 0 Å². The van der Waals surface area contributed by atoms with Gasteiger partial charge in [0.15, 0.2) is 0 Å². The molecule has 9 rings (SSSR count). The van der Waals surface area contributed by atoms with E-state index in [-0.39, 0.29) is 22.8 Å². The van der Waals surface area contributed by atoms with E-state index >= 15 is 0 Å². The predicted octanol–water partition coefficient (Wildman–Crippen LogP) is 12.3. The van der Waals surface area contributed by atoms with Gasteiger partial charge in [0.05, 0.1) is 49.0 Å². The van der Waals surface area contributed by atoms with Gasteiger partial charge in [0.2, 0.25) is 0 Å². The monoisotopic (exact) mass is 784 g/mol. The van der Waals surface area contributed by atoms with Gasteiger partial charge in [0, 0.05) is 11.1 Å². The molecule has 0 bridgehead atoms. The summed E-state index contributed by atoms with van der Waals surface area (Å²) in [6.07, 6.45) is -2.08. The van der Waals surface area contributed by atoms with Gasteiger partial charge >= 0.3 is 12.4 Å². The van der Waals surface area contributed by atoms with Crippen LogP contribution in [0.2, 0.25) is 0 Å². The van der Waals surface area contributed by atoms with Crippen molar-refractivity contribution in [1.82, 2.24) is 19.1 Å². The first kappa shape index (κ1) is 33.9. The van der Waals surface area contributed by atoms with Gasteiger partial charge < -0.3 is 0 Å². The first-order valence-corrected chi connectivity index (χ1v) is 18.5. The first-order chi connectivity index (χ1) is 25.5. The maximum Gasteiger partial charge on any atom is 0.417 e. The van der Waals surface area contributed by atoms with Crippen molar-refractivity contribution in [2.75, 3.05) is 0 Å². The zero-order chi connectivity index (χ0) is 36.6. The van der Waals surface area contributed by atoms with Crippen LogP contribution in [0.3, 0.4) is 0 Å². The van der Waals surface area contributed by atoms with E-state index in [4.69, 9.17) is 9.97 Å². The van der Waals surface area contributed by atoms with E-state index < -0.39 is 23.5 Å². The molecule has 0 atom stereocenters. The van der Waals surface area contributed by atoms with Gasteiger partial charge in [-0.05, 0) is 126 Å². The predicted molar refractivity (Wildman–Crippen MR) is 198 cm³/mol. The van der Waals surface area contributed by atoms with Crippen molar-refractivity contribution < 1.29 is 26.3 Å². The van der Waals surface area contributed by atoms with Crippen LogP contribution < -0.4 is 0 Å². The van der Waals surface area contributed by atoms with Crippen LogP contribution in [0.5, 0.6) is 0 Å². The largest absolute Gasteiger partial charge is 0.417 e. The van der Waals surface area contributed by atoms with Gasteiger partial charge in [-0.3, -0.25) is 9.13 Å². The van der Waals surface area contributed by atoms with Crippen LogP contribution in [0, 0.1) is 0 Å². The van der Waals surface area contributed by atoms with Gasteiger partial charge in [0.1, 0.15) is 11.6 Å². The van der Waals surface area contributed by atoms with Crippen LogP contribution in [-0.2, 0) is 38.0 Å². The molecule has 11 heteroatoms. The normalized spacial score (nSPS) is 14.8. The van der Waals surface area contributed by atoms with Crippen LogP contribution in [0.15, 0.2) is 95.5 Å². The molecule has 0 radical (unpaired) electrons. The van der Waals surface area contributed by atoms with E-state index in [1.165, 1.54) is 24.3 Å². The number of nitrogens with zero attached hydrogens (tertiary/aromatic N) is 4. The summed E-state index contributed by atoms with van der Waals surface area (Å²) in [5, 5.41) is 0. The number of rotatable bonds is 4. The fourth-order valence-electron chi connectivity index (χ4n) is 8.30. The molecule has 0 spiro atoms. The lowest BCUT2D eigenvalue weighted by atomic mass is 9.91. The molecule has 0 saturated heterocycles. The molecule has 2 heterocycles. The van der Waals surface area contributed by atoms with E-state index in [1.54, 1.807) is 39.5 Å². The molecule has 0 aliphatic heterocycles. The number of fused-ring (bicyclic) bond motifs is 6. The summed E-state index contributed by atoms with van der Waals surface area (Å²) in [7, 11) is 0. The lowest BCUT2D eigenvalue weighted by molar-refractivity contribution is -0.137. The maximum absolute atomic E-state index is 14.6. The summed E-state index contributed by atoms with van der Waals surface area (Å²) < 4.78 is 91.4. The molecule has 5 aromatic carbocycles. The van der Waals surface area contributed by atoms with Crippen LogP contribution >= 0.6 is 15.9 Å². The molecule has 4 nitrogen and oxygen atoms in total. The minimum atomic E-state index is -4.65. The van der Waals surface area contributed by atoms with Crippen molar-refractivity contribution in [3.63, 3.8) is 0 Å². The quantitative estimate of drug-likeness (QED) is 0.167. The van der Waals surface area contributed by atoms with Gasteiger partial charge in [-0.1, -0.05) is 54.6 Å². The molecular weight excluding hydrogens is 754 g/mol. The number of aryl methyl sites for hydroxylation is 4. The minimum absolute atomic E-state index is 0.0717. The average molecular weight is 786 g/mol. The van der Waals surface area contributed by atoms with Crippen molar-refractivity contribution in [1.29, 1.82) is 0 Å². The van der Waals surface area contributed by atoms with Crippen molar-refractivity contribution in [2.24, 2.45) is 0 Å². The number of hydrogen-bond donors (Lipinski definition) is 0. The molecule has 0 amide bonds. The highest BCUT2D eigenvalue weighted by molar-refractivity contribution is 9.10. The Hall–Kier alpha value is -4.90. The highest BCUT2D eigenvalue weighted by atomic mass is 79.9. The smallest absolute Gasteiger partial charge is 0.291 e. The third-order valence-electron chi connectivity index (χ3n) is 10.7. The Bertz CT molecular complexity index is 2400. The van der Waals surface area contributed by atoms with E-state index in [0.29, 0.717) is 37.9 Å². The van der Waals surface area contributed by atoms with E-state index in [9.17, 15) is 26.3 Å². The van der Waals surface area contributed by atoms with Crippen LogP contribution in [-0.4, -0.2) is 19.1 Å². The summed E-state index contributed by atoms with van der Waals surface area (Å²) in [6.45, 7) is 0. The van der Waals surface area contributed by atoms with Gasteiger partial charge in [-0.2, -0.15) is 26.3 Å². The lowest BCUT2D eigenvalue weighted by Gasteiger charge is -2.20. The van der Waals surface area contributed by atoms with Gasteiger partial charge in [-0.15, -0.1) is 0 Å². The standard InChI is InChI=1S/C42H31BrF6N4/c43-36-32(52-34-22-20-24-10-1-3-12-26(24)37(34)50-39(52)28-14-5-7-16-30(28)41(44,45)46)18-9-19-33(36)53-35-23-21-25-11-2-4-13-27(25)38(35)51-40(53)29-15-6-8-17-31(29)42(47,48)49/h5-9,14-23H,1-4,10-13H2. The lowest BCUT2D eigenvalue weighted by Crippen LogP contribution is -2.10. The average Bonchev–Trinajstić information content (AvgIpc) is 3.74. The molecule has 268 valence electrons. The molecular formula is C42H31BrF6N4. The molecule has 2 aliphatic rings. The highest BCUT2D eigenvalue weighted by Crippen LogP contribution is 2.45. The second kappa shape index (κ2) is 12.6. The summed E-state index contributed by atoms with van der Waals surface area (Å²) in [4.78, 5) is 9.96. The summed E-state index contributed by atoms with van der Waals surface area (Å²) in [6, 6.07) is 24.1. The zero-order valence-corrected chi connectivity index (χ0v) is 29.8. The number of benzene rings is 5. The molecule has 0 N–H and O–H groups in total. The molecule has 0 unspecified atom stereocenters. The number of alkyl halides is 6. The Kier molecular flexibility index (Phi) is 8.07. The van der Waals surface area contributed by atoms with Crippen molar-refractivity contribution in [3.8, 4) is 34.2 Å². The second-order valence-electron chi connectivity index (χ2n) is 13.8. The number of hydrogen-bond acceptors (Lipinski definition) is 2. The zero-order valence-electron chi connectivity index (χ0n) is 28.3. The van der Waals surface area contributed by atoms with Crippen LogP contribution in [0.1, 0.15) is 59.1 Å². The Morgan fingerprint density at radius 3 is 1.34 bits per heavy atom. The SMILES string of the molecule is FC(F)(F)c1ccccc1-c1nc2c3c(ccc2n1-c1cccc(-n2c(-c4ccccc4C(F)(F)F)nc4c5c(ccc42)CCCC5)c1Br)CCCC3. The second-order valence-corrected chi connectivity index (χ2v) is 14.6. The molecule has 0 fully saturated rings. The van der Waals surface area contributed by atoms with E-state index in [2.05, 4.69) is 15.9 Å². The molecule has 0 saturated carbocycles. The number of imidazole rings is 2. The maximum atomic E-state index is 14.6. The van der Waals surface area contributed by atoms with E-state index in [0.717, 1.165) is 85.8 Å². The Labute approximate surface area is 309 Å². The van der Waals surface area contributed by atoms with Crippen molar-refractivity contribution in [3.05, 3.63) is 129 Å². The van der Waals surface area contributed by atoms with Crippen molar-refractivity contribution in [2.45, 2.75) is 63.7 Å². The molecule has 7 aromatic rings. The third-order valence-corrected chi connectivity index (χ3v) is 11.5. The van der Waals surface area contributed by atoms with Crippen molar-refractivity contribution >= 4 is 38.0 Å². The number of aromatic nitrogens is 4. The Balaban J connectivity index is 1.36. The molecule has 2 aliphatic carbocycles. The minimum Gasteiger partial charge on any atom is -0.291 e. The van der Waals surface area contributed by atoms with E-state index in [1.807, 2.05) is 24.3 Å².